The van der Waals surface area contributed by atoms with Crippen molar-refractivity contribution in [3.05, 3.63) is 76.0 Å². The highest BCUT2D eigenvalue weighted by Gasteiger charge is 2.11. The number of hydrogen-bond acceptors (Lipinski definition) is 7. The van der Waals surface area contributed by atoms with Crippen molar-refractivity contribution in [3.8, 4) is 11.5 Å². The monoisotopic (exact) mass is 492 g/mol. The van der Waals surface area contributed by atoms with E-state index in [1.54, 1.807) is 12.4 Å². The summed E-state index contributed by atoms with van der Waals surface area (Å²) in [6.07, 6.45) is 4.94. The Morgan fingerprint density at radius 3 is 2.72 bits per heavy atom. The van der Waals surface area contributed by atoms with Gasteiger partial charge in [0.1, 0.15) is 11.5 Å². The second kappa shape index (κ2) is 9.87. The maximum absolute atomic E-state index is 5.98. The summed E-state index contributed by atoms with van der Waals surface area (Å²) in [4.78, 5) is 13.3. The van der Waals surface area contributed by atoms with E-state index in [1.165, 1.54) is 11.3 Å². The second-order valence-corrected chi connectivity index (χ2v) is 7.82. The lowest BCUT2D eigenvalue weighted by atomic mass is 10.2. The van der Waals surface area contributed by atoms with E-state index in [1.807, 2.05) is 48.7 Å². The van der Waals surface area contributed by atoms with Crippen molar-refractivity contribution in [2.75, 3.05) is 5.32 Å². The number of ether oxygens (including phenoxy) is 1. The zero-order valence-electron chi connectivity index (χ0n) is 15.5. The van der Waals surface area contributed by atoms with Crippen LogP contribution in [0, 0.1) is 6.92 Å². The minimum atomic E-state index is 0. The number of halogens is 2. The van der Waals surface area contributed by atoms with Gasteiger partial charge in [0.15, 0.2) is 22.6 Å². The molecule has 0 aliphatic carbocycles. The number of rotatable bonds is 7. The Bertz CT molecular complexity index is 1070. The van der Waals surface area contributed by atoms with Gasteiger partial charge >= 0.3 is 0 Å². The molecule has 0 spiro atoms. The van der Waals surface area contributed by atoms with Crippen LogP contribution >= 0.6 is 39.7 Å². The maximum atomic E-state index is 5.98. The van der Waals surface area contributed by atoms with Crippen LogP contribution in [0.5, 0.6) is 11.5 Å². The highest BCUT2D eigenvalue weighted by molar-refractivity contribution is 9.10. The van der Waals surface area contributed by atoms with Crippen LogP contribution in [-0.4, -0.2) is 15.0 Å². The van der Waals surface area contributed by atoms with Crippen molar-refractivity contribution in [2.24, 2.45) is 0 Å². The average molecular weight is 494 g/mol. The number of para-hydroxylation sites is 1. The quantitative estimate of drug-likeness (QED) is 0.324. The molecule has 0 fully saturated rings. The number of pyridine rings is 1. The Balaban J connectivity index is 0.00000240. The topological polar surface area (TPSA) is 73.1 Å². The smallest absolute Gasteiger partial charge is 0.194 e. The van der Waals surface area contributed by atoms with Gasteiger partial charge in [-0.2, -0.15) is 0 Å². The molecule has 0 saturated carbocycles. The van der Waals surface area contributed by atoms with Crippen molar-refractivity contribution in [1.82, 2.24) is 15.0 Å². The van der Waals surface area contributed by atoms with Crippen LogP contribution in [-0.2, 0) is 12.8 Å². The summed E-state index contributed by atoms with van der Waals surface area (Å²) >= 11 is 4.97. The van der Waals surface area contributed by atoms with Gasteiger partial charge in [-0.1, -0.05) is 18.2 Å². The van der Waals surface area contributed by atoms with E-state index in [-0.39, 0.29) is 12.4 Å². The number of aryl methyl sites for hydroxylation is 3. The van der Waals surface area contributed by atoms with Crippen LogP contribution in [0.3, 0.4) is 0 Å². The van der Waals surface area contributed by atoms with Gasteiger partial charge in [0, 0.05) is 28.5 Å². The molecule has 0 unspecified atom stereocenters. The van der Waals surface area contributed by atoms with Crippen LogP contribution in [0.15, 0.2) is 63.1 Å². The molecule has 29 heavy (non-hydrogen) atoms. The molecule has 6 nitrogen and oxygen atoms in total. The molecule has 1 N–H and O–H groups in total. The van der Waals surface area contributed by atoms with E-state index in [9.17, 15) is 0 Å². The minimum absolute atomic E-state index is 0. The number of anilines is 2. The van der Waals surface area contributed by atoms with Gasteiger partial charge < -0.3 is 14.5 Å². The summed E-state index contributed by atoms with van der Waals surface area (Å²) in [6, 6.07) is 11.5. The highest BCUT2D eigenvalue weighted by Crippen LogP contribution is 2.33. The zero-order chi connectivity index (χ0) is 19.3. The first-order chi connectivity index (χ1) is 13.7. The lowest BCUT2D eigenvalue weighted by molar-refractivity contribution is 0.470. The van der Waals surface area contributed by atoms with Crippen molar-refractivity contribution in [1.29, 1.82) is 0 Å². The summed E-state index contributed by atoms with van der Waals surface area (Å²) in [5, 5.41) is 6.03. The van der Waals surface area contributed by atoms with Gasteiger partial charge in [0.2, 0.25) is 0 Å². The number of thiazole rings is 1. The molecular weight excluding hydrogens is 476 g/mol. The van der Waals surface area contributed by atoms with E-state index in [0.29, 0.717) is 11.6 Å². The first-order valence-electron chi connectivity index (χ1n) is 8.67. The fourth-order valence-electron chi connectivity index (χ4n) is 2.54. The van der Waals surface area contributed by atoms with E-state index < -0.39 is 0 Å². The molecule has 150 valence electrons. The lowest BCUT2D eigenvalue weighted by Gasteiger charge is -2.11. The third-order valence-corrected chi connectivity index (χ3v) is 5.07. The molecule has 4 rings (SSSR count). The minimum Gasteiger partial charge on any atom is -0.453 e. The predicted octanol–water partition coefficient (Wildman–Crippen LogP) is 6.34. The van der Waals surface area contributed by atoms with E-state index in [4.69, 9.17) is 9.15 Å². The fourth-order valence-corrected chi connectivity index (χ4v) is 3.59. The van der Waals surface area contributed by atoms with Crippen molar-refractivity contribution in [2.45, 2.75) is 19.8 Å². The Morgan fingerprint density at radius 2 is 1.97 bits per heavy atom. The van der Waals surface area contributed by atoms with Gasteiger partial charge in [-0.05, 0) is 41.4 Å². The molecule has 0 aliphatic rings. The van der Waals surface area contributed by atoms with E-state index >= 15 is 0 Å². The number of oxazole rings is 1. The molecule has 0 bridgehead atoms. The zero-order valence-corrected chi connectivity index (χ0v) is 18.7. The Kier molecular flexibility index (Phi) is 7.24. The van der Waals surface area contributed by atoms with E-state index in [0.717, 1.165) is 45.5 Å². The van der Waals surface area contributed by atoms with Gasteiger partial charge in [-0.25, -0.2) is 15.0 Å². The normalized spacial score (nSPS) is 10.4. The third-order valence-electron chi connectivity index (χ3n) is 3.83. The SMILES string of the molecule is Cc1cnc(CCc2csc(Nc3ncc(Br)cc3Oc3ccccc3)n2)o1.Cl. The molecule has 0 saturated heterocycles. The molecule has 3 heterocycles. The molecule has 3 aromatic heterocycles. The Labute approximate surface area is 186 Å². The number of nitrogens with one attached hydrogen (secondary N) is 1. The van der Waals surface area contributed by atoms with Crippen LogP contribution in [0.25, 0.3) is 0 Å². The molecule has 1 aromatic carbocycles. The van der Waals surface area contributed by atoms with Crippen molar-refractivity contribution in [3.63, 3.8) is 0 Å². The maximum Gasteiger partial charge on any atom is 0.194 e. The number of hydrogen-bond donors (Lipinski definition) is 1. The fraction of sp³-hybridized carbons (Fsp3) is 0.150. The first kappa shape index (κ1) is 21.3. The van der Waals surface area contributed by atoms with Gasteiger partial charge in [0.05, 0.1) is 11.9 Å². The highest BCUT2D eigenvalue weighted by atomic mass is 79.9. The molecule has 0 aliphatic heterocycles. The average Bonchev–Trinajstić information content (AvgIpc) is 3.32. The second-order valence-electron chi connectivity index (χ2n) is 6.05. The first-order valence-corrected chi connectivity index (χ1v) is 10.3. The van der Waals surface area contributed by atoms with Crippen LogP contribution in [0.1, 0.15) is 17.3 Å². The molecule has 0 atom stereocenters. The van der Waals surface area contributed by atoms with Crippen molar-refractivity contribution < 1.29 is 9.15 Å². The number of aromatic nitrogens is 3. The van der Waals surface area contributed by atoms with Gasteiger partial charge in [-0.15, -0.1) is 23.7 Å². The van der Waals surface area contributed by atoms with Crippen LogP contribution < -0.4 is 10.1 Å². The van der Waals surface area contributed by atoms with Crippen molar-refractivity contribution >= 4 is 50.6 Å². The number of benzene rings is 1. The summed E-state index contributed by atoms with van der Waals surface area (Å²) in [5.74, 6) is 3.52. The summed E-state index contributed by atoms with van der Waals surface area (Å²) in [5.41, 5.74) is 0.978. The largest absolute Gasteiger partial charge is 0.453 e. The number of nitrogens with zero attached hydrogens (tertiary/aromatic N) is 3. The predicted molar refractivity (Wildman–Crippen MR) is 120 cm³/mol. The summed E-state index contributed by atoms with van der Waals surface area (Å²) in [6.45, 7) is 1.89. The van der Waals surface area contributed by atoms with Gasteiger partial charge in [-0.3, -0.25) is 0 Å². The summed E-state index contributed by atoms with van der Waals surface area (Å²) in [7, 11) is 0. The molecule has 0 amide bonds. The standard InChI is InChI=1S/C20H17BrN4O2S.ClH/c1-13-10-22-18(26-13)8-7-15-12-28-20(24-15)25-19-17(9-14(21)11-23-19)27-16-5-3-2-4-6-16;/h2-6,9-12H,7-8H2,1H3,(H,23,24,25);1H. The summed E-state index contributed by atoms with van der Waals surface area (Å²) < 4.78 is 12.3. The molecular formula is C20H18BrClN4O2S. The molecule has 9 heteroatoms. The molecule has 4 aromatic rings. The Hall–Kier alpha value is -2.42. The van der Waals surface area contributed by atoms with E-state index in [2.05, 4.69) is 36.2 Å². The van der Waals surface area contributed by atoms with Crippen LogP contribution in [0.4, 0.5) is 10.9 Å². The third kappa shape index (κ3) is 5.79. The van der Waals surface area contributed by atoms with Crippen LogP contribution in [0.2, 0.25) is 0 Å². The van der Waals surface area contributed by atoms with Gasteiger partial charge in [0.25, 0.3) is 0 Å². The Morgan fingerprint density at radius 1 is 1.14 bits per heavy atom. The molecule has 0 radical (unpaired) electrons. The lowest BCUT2D eigenvalue weighted by Crippen LogP contribution is -1.98.